The Morgan fingerprint density at radius 3 is 2.75 bits per heavy atom. The molecule has 20 heavy (non-hydrogen) atoms. The van der Waals surface area contributed by atoms with Crippen LogP contribution in [0.3, 0.4) is 0 Å². The Balaban J connectivity index is 2.00. The number of ether oxygens (including phenoxy) is 1. The van der Waals surface area contributed by atoms with Gasteiger partial charge in [-0.15, -0.1) is 0 Å². The number of nitrogens with one attached hydrogen (secondary N) is 2. The Hall–Kier alpha value is -1.71. The normalized spacial score (nSPS) is 16.2. The third-order valence-electron chi connectivity index (χ3n) is 3.64. The molecule has 2 rings (SSSR count). The highest BCUT2D eigenvalue weighted by Crippen LogP contribution is 2.19. The molecule has 0 radical (unpaired) electrons. The van der Waals surface area contributed by atoms with Gasteiger partial charge in [0.1, 0.15) is 5.75 Å². The van der Waals surface area contributed by atoms with E-state index in [1.54, 1.807) is 7.11 Å². The van der Waals surface area contributed by atoms with Crippen molar-refractivity contribution in [2.45, 2.75) is 45.2 Å². The summed E-state index contributed by atoms with van der Waals surface area (Å²) in [4.78, 5) is 4.67. The molecule has 0 spiro atoms. The van der Waals surface area contributed by atoms with E-state index in [1.165, 1.54) is 25.7 Å². The Morgan fingerprint density at radius 2 is 2.05 bits per heavy atom. The molecule has 1 aromatic carbocycles. The first-order valence-corrected chi connectivity index (χ1v) is 7.50. The number of hydrogen-bond donors (Lipinski definition) is 2. The van der Waals surface area contributed by atoms with Gasteiger partial charge in [0.2, 0.25) is 0 Å². The molecule has 2 N–H and O–H groups in total. The molecule has 1 aromatic rings. The number of nitrogens with zero attached hydrogens (tertiary/aromatic N) is 1. The van der Waals surface area contributed by atoms with Crippen LogP contribution in [0.1, 0.15) is 38.2 Å². The van der Waals surface area contributed by atoms with Crippen molar-refractivity contribution in [1.82, 2.24) is 10.6 Å². The van der Waals surface area contributed by atoms with E-state index in [1.807, 2.05) is 18.2 Å². The van der Waals surface area contributed by atoms with Crippen molar-refractivity contribution in [1.29, 1.82) is 0 Å². The fraction of sp³-hybridized carbons (Fsp3) is 0.562. The smallest absolute Gasteiger partial charge is 0.191 e. The van der Waals surface area contributed by atoms with E-state index in [2.05, 4.69) is 28.6 Å². The Kier molecular flexibility index (Phi) is 5.71. The van der Waals surface area contributed by atoms with E-state index in [-0.39, 0.29) is 0 Å². The lowest BCUT2D eigenvalue weighted by molar-refractivity contribution is 0.410. The topological polar surface area (TPSA) is 45.7 Å². The van der Waals surface area contributed by atoms with Gasteiger partial charge in [0.05, 0.1) is 13.7 Å². The van der Waals surface area contributed by atoms with Crippen molar-refractivity contribution < 1.29 is 4.74 Å². The van der Waals surface area contributed by atoms with Gasteiger partial charge < -0.3 is 15.4 Å². The second kappa shape index (κ2) is 7.78. The molecule has 0 heterocycles. The summed E-state index contributed by atoms with van der Waals surface area (Å²) >= 11 is 0. The molecule has 1 fully saturated rings. The van der Waals surface area contributed by atoms with E-state index < -0.39 is 0 Å². The number of benzene rings is 1. The molecule has 0 unspecified atom stereocenters. The molecule has 4 heteroatoms. The van der Waals surface area contributed by atoms with Crippen LogP contribution in [0.2, 0.25) is 0 Å². The van der Waals surface area contributed by atoms with Crippen LogP contribution in [0.4, 0.5) is 0 Å². The van der Waals surface area contributed by atoms with E-state index in [9.17, 15) is 0 Å². The first-order valence-electron chi connectivity index (χ1n) is 7.50. The van der Waals surface area contributed by atoms with Gasteiger partial charge in [-0.2, -0.15) is 0 Å². The van der Waals surface area contributed by atoms with Gasteiger partial charge in [-0.1, -0.05) is 31.0 Å². The summed E-state index contributed by atoms with van der Waals surface area (Å²) in [5.74, 6) is 1.80. The van der Waals surface area contributed by atoms with Crippen LogP contribution in [0.5, 0.6) is 5.75 Å². The largest absolute Gasteiger partial charge is 0.496 e. The van der Waals surface area contributed by atoms with Gasteiger partial charge in [-0.25, -0.2) is 4.99 Å². The van der Waals surface area contributed by atoms with E-state index >= 15 is 0 Å². The highest BCUT2D eigenvalue weighted by molar-refractivity contribution is 5.80. The maximum absolute atomic E-state index is 5.36. The highest BCUT2D eigenvalue weighted by Gasteiger charge is 2.15. The van der Waals surface area contributed by atoms with Gasteiger partial charge in [0.15, 0.2) is 5.96 Å². The highest BCUT2D eigenvalue weighted by atomic mass is 16.5. The molecule has 1 aliphatic rings. The number of hydrogen-bond acceptors (Lipinski definition) is 2. The first kappa shape index (κ1) is 14.7. The monoisotopic (exact) mass is 275 g/mol. The zero-order valence-corrected chi connectivity index (χ0v) is 12.5. The standard InChI is InChI=1S/C16H25N3O/c1-3-17-16(19-14-9-5-6-10-14)18-12-13-8-4-7-11-15(13)20-2/h4,7-8,11,14H,3,5-6,9-10,12H2,1-2H3,(H2,17,18,19). The lowest BCUT2D eigenvalue weighted by Crippen LogP contribution is -2.42. The molecule has 4 nitrogen and oxygen atoms in total. The van der Waals surface area contributed by atoms with Gasteiger partial charge in [0.25, 0.3) is 0 Å². The molecular formula is C16H25N3O. The fourth-order valence-corrected chi connectivity index (χ4v) is 2.58. The number of para-hydroxylation sites is 1. The van der Waals surface area contributed by atoms with Crippen molar-refractivity contribution in [3.63, 3.8) is 0 Å². The minimum atomic E-state index is 0.575. The summed E-state index contributed by atoms with van der Waals surface area (Å²) in [7, 11) is 1.70. The quantitative estimate of drug-likeness (QED) is 0.641. The van der Waals surface area contributed by atoms with Crippen LogP contribution in [0.15, 0.2) is 29.3 Å². The van der Waals surface area contributed by atoms with Crippen LogP contribution in [0, 0.1) is 0 Å². The van der Waals surface area contributed by atoms with Gasteiger partial charge in [-0.05, 0) is 25.8 Å². The van der Waals surface area contributed by atoms with Crippen molar-refractivity contribution in [3.8, 4) is 5.75 Å². The number of rotatable bonds is 5. The van der Waals surface area contributed by atoms with Crippen molar-refractivity contribution in [2.75, 3.05) is 13.7 Å². The lowest BCUT2D eigenvalue weighted by atomic mass is 10.2. The fourth-order valence-electron chi connectivity index (χ4n) is 2.58. The third kappa shape index (κ3) is 4.15. The number of guanidine groups is 1. The van der Waals surface area contributed by atoms with Gasteiger partial charge >= 0.3 is 0 Å². The van der Waals surface area contributed by atoms with Crippen LogP contribution in [-0.4, -0.2) is 25.7 Å². The van der Waals surface area contributed by atoms with Crippen LogP contribution in [-0.2, 0) is 6.54 Å². The molecule has 0 saturated heterocycles. The summed E-state index contributed by atoms with van der Waals surface area (Å²) < 4.78 is 5.36. The SMILES string of the molecule is CCNC(=NCc1ccccc1OC)NC1CCCC1. The van der Waals surface area contributed by atoms with Crippen molar-refractivity contribution >= 4 is 5.96 Å². The molecule has 0 aromatic heterocycles. The predicted molar refractivity (Wildman–Crippen MR) is 83.2 cm³/mol. The lowest BCUT2D eigenvalue weighted by Gasteiger charge is -2.16. The minimum absolute atomic E-state index is 0.575. The summed E-state index contributed by atoms with van der Waals surface area (Å²) in [6, 6.07) is 8.60. The summed E-state index contributed by atoms with van der Waals surface area (Å²) in [6.07, 6.45) is 5.14. The van der Waals surface area contributed by atoms with Crippen LogP contribution < -0.4 is 15.4 Å². The zero-order valence-electron chi connectivity index (χ0n) is 12.5. The van der Waals surface area contributed by atoms with E-state index in [0.29, 0.717) is 12.6 Å². The Bertz CT molecular complexity index is 439. The maximum Gasteiger partial charge on any atom is 0.191 e. The number of aliphatic imine (C=N–C) groups is 1. The molecule has 1 saturated carbocycles. The molecule has 0 amide bonds. The zero-order chi connectivity index (χ0) is 14.2. The second-order valence-electron chi connectivity index (χ2n) is 5.13. The number of methoxy groups -OCH3 is 1. The van der Waals surface area contributed by atoms with Crippen LogP contribution in [0.25, 0.3) is 0 Å². The van der Waals surface area contributed by atoms with E-state index in [0.717, 1.165) is 23.8 Å². The Labute approximate surface area is 121 Å². The maximum atomic E-state index is 5.36. The second-order valence-corrected chi connectivity index (χ2v) is 5.13. The molecular weight excluding hydrogens is 250 g/mol. The first-order chi connectivity index (χ1) is 9.83. The molecule has 0 aliphatic heterocycles. The predicted octanol–water partition coefficient (Wildman–Crippen LogP) is 2.69. The molecule has 1 aliphatic carbocycles. The minimum Gasteiger partial charge on any atom is -0.496 e. The van der Waals surface area contributed by atoms with Crippen molar-refractivity contribution in [2.24, 2.45) is 4.99 Å². The summed E-state index contributed by atoms with van der Waals surface area (Å²) in [6.45, 7) is 3.60. The van der Waals surface area contributed by atoms with Gasteiger partial charge in [0, 0.05) is 18.2 Å². The summed E-state index contributed by atoms with van der Waals surface area (Å²) in [5.41, 5.74) is 1.11. The average molecular weight is 275 g/mol. The summed E-state index contributed by atoms with van der Waals surface area (Å²) in [5, 5.41) is 6.84. The van der Waals surface area contributed by atoms with Crippen molar-refractivity contribution in [3.05, 3.63) is 29.8 Å². The van der Waals surface area contributed by atoms with Crippen LogP contribution >= 0.6 is 0 Å². The Morgan fingerprint density at radius 1 is 1.30 bits per heavy atom. The third-order valence-corrected chi connectivity index (χ3v) is 3.64. The molecule has 0 atom stereocenters. The molecule has 0 bridgehead atoms. The average Bonchev–Trinajstić information content (AvgIpc) is 2.98. The molecule has 110 valence electrons. The van der Waals surface area contributed by atoms with E-state index in [4.69, 9.17) is 4.74 Å². The van der Waals surface area contributed by atoms with Gasteiger partial charge in [-0.3, -0.25) is 0 Å².